The maximum Gasteiger partial charge on any atom is 0.0708 e. The lowest BCUT2D eigenvalue weighted by molar-refractivity contribution is -0.0632. The Bertz CT molecular complexity index is 282. The molecule has 3 rings (SSSR count). The first-order valence-electron chi connectivity index (χ1n) is 8.26. The van der Waals surface area contributed by atoms with Gasteiger partial charge >= 0.3 is 0 Å². The van der Waals surface area contributed by atoms with Crippen LogP contribution in [0.2, 0.25) is 0 Å². The Hall–Kier alpha value is -0.120. The molecule has 3 nitrogen and oxygen atoms in total. The van der Waals surface area contributed by atoms with Gasteiger partial charge in [0, 0.05) is 19.2 Å². The van der Waals surface area contributed by atoms with E-state index in [1.54, 1.807) is 0 Å². The summed E-state index contributed by atoms with van der Waals surface area (Å²) in [5, 5.41) is 3.68. The maximum absolute atomic E-state index is 6.41. The van der Waals surface area contributed by atoms with Crippen LogP contribution in [0.3, 0.4) is 0 Å². The van der Waals surface area contributed by atoms with Gasteiger partial charge in [0.2, 0.25) is 0 Å². The Morgan fingerprint density at radius 3 is 2.74 bits per heavy atom. The van der Waals surface area contributed by atoms with Gasteiger partial charge in [-0.15, -0.1) is 0 Å². The molecule has 0 amide bonds. The summed E-state index contributed by atoms with van der Waals surface area (Å²) in [6.45, 7) is 5.20. The quantitative estimate of drug-likeness (QED) is 0.849. The normalized spacial score (nSPS) is 35.8. The molecule has 0 radical (unpaired) electrons. The van der Waals surface area contributed by atoms with Crippen LogP contribution in [0.4, 0.5) is 0 Å². The van der Waals surface area contributed by atoms with Crippen molar-refractivity contribution >= 4 is 0 Å². The third-order valence-electron chi connectivity index (χ3n) is 5.44. The Balaban J connectivity index is 1.41. The second kappa shape index (κ2) is 6.11. The van der Waals surface area contributed by atoms with Crippen molar-refractivity contribution in [2.24, 2.45) is 5.92 Å². The molecule has 3 atom stereocenters. The summed E-state index contributed by atoms with van der Waals surface area (Å²) in [6, 6.07) is 0.564. The van der Waals surface area contributed by atoms with Gasteiger partial charge < -0.3 is 14.8 Å². The molecule has 2 saturated heterocycles. The predicted octanol–water partition coefficient (Wildman–Crippen LogP) is 2.88. The molecule has 3 fully saturated rings. The first-order valence-corrected chi connectivity index (χ1v) is 8.26. The first-order chi connectivity index (χ1) is 9.27. The molecule has 2 aliphatic heterocycles. The Morgan fingerprint density at radius 2 is 2.00 bits per heavy atom. The van der Waals surface area contributed by atoms with Gasteiger partial charge in [-0.2, -0.15) is 0 Å². The summed E-state index contributed by atoms with van der Waals surface area (Å²) < 4.78 is 11.9. The molecule has 3 aliphatic rings. The fourth-order valence-corrected chi connectivity index (χ4v) is 4.03. The smallest absolute Gasteiger partial charge is 0.0708 e. The van der Waals surface area contributed by atoms with Crippen LogP contribution >= 0.6 is 0 Å². The fourth-order valence-electron chi connectivity index (χ4n) is 4.03. The molecule has 0 aromatic rings. The average Bonchev–Trinajstić information content (AvgIpc) is 3.08. The number of nitrogens with one attached hydrogen (secondary N) is 1. The SMILES string of the molecule is CC(NCC1CCC2(CCCCC2)O1)C1CCOC1. The topological polar surface area (TPSA) is 30.5 Å². The maximum atomic E-state index is 6.41. The summed E-state index contributed by atoms with van der Waals surface area (Å²) in [5.74, 6) is 0.699. The largest absolute Gasteiger partial charge is 0.381 e. The van der Waals surface area contributed by atoms with Crippen LogP contribution in [0.15, 0.2) is 0 Å². The van der Waals surface area contributed by atoms with E-state index in [2.05, 4.69) is 12.2 Å². The van der Waals surface area contributed by atoms with Crippen molar-refractivity contribution in [3.05, 3.63) is 0 Å². The van der Waals surface area contributed by atoms with Gasteiger partial charge in [-0.3, -0.25) is 0 Å². The van der Waals surface area contributed by atoms with E-state index in [9.17, 15) is 0 Å². The van der Waals surface area contributed by atoms with Gasteiger partial charge in [0.15, 0.2) is 0 Å². The summed E-state index contributed by atoms with van der Waals surface area (Å²) in [4.78, 5) is 0. The van der Waals surface area contributed by atoms with E-state index in [1.807, 2.05) is 0 Å². The molecule has 2 heterocycles. The van der Waals surface area contributed by atoms with E-state index in [0.717, 1.165) is 19.8 Å². The van der Waals surface area contributed by atoms with Crippen LogP contribution in [0.5, 0.6) is 0 Å². The second-order valence-electron chi connectivity index (χ2n) is 6.84. The van der Waals surface area contributed by atoms with Gasteiger partial charge in [0.05, 0.1) is 18.3 Å². The molecular weight excluding hydrogens is 238 g/mol. The highest BCUT2D eigenvalue weighted by Crippen LogP contribution is 2.41. The van der Waals surface area contributed by atoms with E-state index in [4.69, 9.17) is 9.47 Å². The third-order valence-corrected chi connectivity index (χ3v) is 5.44. The van der Waals surface area contributed by atoms with Gasteiger partial charge in [-0.05, 0) is 44.9 Å². The second-order valence-corrected chi connectivity index (χ2v) is 6.84. The zero-order valence-electron chi connectivity index (χ0n) is 12.3. The van der Waals surface area contributed by atoms with Crippen LogP contribution in [0.1, 0.15) is 58.3 Å². The molecule has 110 valence electrons. The van der Waals surface area contributed by atoms with Gasteiger partial charge in [-0.1, -0.05) is 19.3 Å². The molecular formula is C16H29NO2. The molecule has 1 spiro atoms. The lowest BCUT2D eigenvalue weighted by Crippen LogP contribution is -2.40. The van der Waals surface area contributed by atoms with Crippen molar-refractivity contribution in [2.45, 2.75) is 76.0 Å². The Labute approximate surface area is 117 Å². The highest BCUT2D eigenvalue weighted by molar-refractivity contribution is 4.92. The molecule has 0 aromatic carbocycles. The molecule has 1 saturated carbocycles. The predicted molar refractivity (Wildman–Crippen MR) is 76.3 cm³/mol. The molecule has 3 unspecified atom stereocenters. The van der Waals surface area contributed by atoms with Gasteiger partial charge in [-0.25, -0.2) is 0 Å². The van der Waals surface area contributed by atoms with Crippen molar-refractivity contribution in [2.75, 3.05) is 19.8 Å². The Kier molecular flexibility index (Phi) is 4.45. The van der Waals surface area contributed by atoms with Crippen LogP contribution in [0, 0.1) is 5.92 Å². The highest BCUT2D eigenvalue weighted by Gasteiger charge is 2.40. The molecule has 0 bridgehead atoms. The molecule has 1 aliphatic carbocycles. The number of rotatable bonds is 4. The number of ether oxygens (including phenoxy) is 2. The highest BCUT2D eigenvalue weighted by atomic mass is 16.5. The monoisotopic (exact) mass is 267 g/mol. The van der Waals surface area contributed by atoms with E-state index in [1.165, 1.54) is 51.4 Å². The van der Waals surface area contributed by atoms with E-state index >= 15 is 0 Å². The zero-order valence-corrected chi connectivity index (χ0v) is 12.3. The van der Waals surface area contributed by atoms with E-state index < -0.39 is 0 Å². The lowest BCUT2D eigenvalue weighted by Gasteiger charge is -2.33. The summed E-state index contributed by atoms with van der Waals surface area (Å²) in [7, 11) is 0. The van der Waals surface area contributed by atoms with Crippen molar-refractivity contribution in [1.82, 2.24) is 5.32 Å². The van der Waals surface area contributed by atoms with Crippen LogP contribution in [0.25, 0.3) is 0 Å². The van der Waals surface area contributed by atoms with Crippen LogP contribution < -0.4 is 5.32 Å². The van der Waals surface area contributed by atoms with Gasteiger partial charge in [0.1, 0.15) is 0 Å². The standard InChI is InChI=1S/C16H29NO2/c1-13(14-6-10-18-12-14)17-11-15-5-9-16(19-15)7-3-2-4-8-16/h13-15,17H,2-12H2,1H3. The summed E-state index contributed by atoms with van der Waals surface area (Å²) in [6.07, 6.45) is 11.0. The number of hydrogen-bond acceptors (Lipinski definition) is 3. The first kappa shape index (κ1) is 13.8. The van der Waals surface area contributed by atoms with Crippen LogP contribution in [-0.4, -0.2) is 37.5 Å². The summed E-state index contributed by atoms with van der Waals surface area (Å²) in [5.41, 5.74) is 0.268. The van der Waals surface area contributed by atoms with Crippen molar-refractivity contribution in [1.29, 1.82) is 0 Å². The number of hydrogen-bond donors (Lipinski definition) is 1. The van der Waals surface area contributed by atoms with E-state index in [0.29, 0.717) is 18.1 Å². The van der Waals surface area contributed by atoms with Crippen LogP contribution in [-0.2, 0) is 9.47 Å². The minimum atomic E-state index is 0.268. The zero-order chi connectivity index (χ0) is 13.1. The minimum Gasteiger partial charge on any atom is -0.381 e. The molecule has 19 heavy (non-hydrogen) atoms. The lowest BCUT2D eigenvalue weighted by atomic mass is 9.83. The summed E-state index contributed by atoms with van der Waals surface area (Å²) >= 11 is 0. The third kappa shape index (κ3) is 3.32. The van der Waals surface area contributed by atoms with Gasteiger partial charge in [0.25, 0.3) is 0 Å². The molecule has 0 aromatic heterocycles. The van der Waals surface area contributed by atoms with E-state index in [-0.39, 0.29) is 5.60 Å². The Morgan fingerprint density at radius 1 is 1.16 bits per heavy atom. The van der Waals surface area contributed by atoms with Crippen molar-refractivity contribution < 1.29 is 9.47 Å². The van der Waals surface area contributed by atoms with Crippen molar-refractivity contribution in [3.63, 3.8) is 0 Å². The van der Waals surface area contributed by atoms with Crippen molar-refractivity contribution in [3.8, 4) is 0 Å². The minimum absolute atomic E-state index is 0.268. The fraction of sp³-hybridized carbons (Fsp3) is 1.00. The average molecular weight is 267 g/mol. The molecule has 1 N–H and O–H groups in total. The molecule has 3 heteroatoms.